The molecule has 4 heterocycles. The Hall–Kier alpha value is -3.30. The number of H-pyrrole nitrogens is 1. The third-order valence-corrected chi connectivity index (χ3v) is 4.58. The zero-order chi connectivity index (χ0) is 19.8. The summed E-state index contributed by atoms with van der Waals surface area (Å²) < 4.78 is 46.6. The number of nitrogens with zero attached hydrogens (tertiary/aromatic N) is 5. The molecule has 4 rings (SSSR count). The molecule has 0 radical (unpaired) electrons. The maximum atomic E-state index is 14.1. The standard InChI is InChI=1S/C18H17F3N6O/c1-10(17(20)21)28-18(22-2)26-7-5-12-15(24-9-23-12)16(26)13-8-14-11(19)4-3-6-27(14)25-13/h3-4,6,8-9,16-17H,1,5,7H2,2H3,(H,23,24)/t16-/m1/s1. The molecule has 3 aromatic heterocycles. The monoisotopic (exact) mass is 390 g/mol. The van der Waals surface area contributed by atoms with Crippen LogP contribution in [0.25, 0.3) is 5.52 Å². The Morgan fingerprint density at radius 1 is 1.46 bits per heavy atom. The van der Waals surface area contributed by atoms with Crippen molar-refractivity contribution in [2.45, 2.75) is 18.9 Å². The summed E-state index contributed by atoms with van der Waals surface area (Å²) in [6, 6.07) is 3.88. The highest BCUT2D eigenvalue weighted by Crippen LogP contribution is 2.34. The molecule has 1 aliphatic rings. The van der Waals surface area contributed by atoms with Crippen molar-refractivity contribution >= 4 is 11.5 Å². The van der Waals surface area contributed by atoms with Crippen LogP contribution in [0.1, 0.15) is 23.1 Å². The quantitative estimate of drug-likeness (QED) is 0.424. The molecule has 1 aliphatic heterocycles. The van der Waals surface area contributed by atoms with Crippen molar-refractivity contribution in [2.24, 2.45) is 4.99 Å². The molecule has 1 N–H and O–H groups in total. The molecule has 146 valence electrons. The Balaban J connectivity index is 1.79. The van der Waals surface area contributed by atoms with Crippen molar-refractivity contribution in [2.75, 3.05) is 13.6 Å². The number of halogens is 3. The number of aliphatic imine (C=N–C) groups is 1. The van der Waals surface area contributed by atoms with Gasteiger partial charge in [-0.2, -0.15) is 5.10 Å². The van der Waals surface area contributed by atoms with Crippen LogP contribution in [0.5, 0.6) is 0 Å². The predicted molar refractivity (Wildman–Crippen MR) is 95.6 cm³/mol. The molecule has 0 aromatic carbocycles. The smallest absolute Gasteiger partial charge is 0.294 e. The number of ether oxygens (including phenoxy) is 1. The summed E-state index contributed by atoms with van der Waals surface area (Å²) in [7, 11) is 1.44. The second-order valence-electron chi connectivity index (χ2n) is 6.24. The number of aromatic amines is 1. The van der Waals surface area contributed by atoms with E-state index < -0.39 is 24.0 Å². The van der Waals surface area contributed by atoms with Gasteiger partial charge in [0.15, 0.2) is 5.76 Å². The van der Waals surface area contributed by atoms with Crippen molar-refractivity contribution in [1.82, 2.24) is 24.5 Å². The SMILES string of the molecule is C=C(OC(=NC)N1CCc2[nH]cnc2[C@H]1c1cc2c(F)cccn2n1)C(F)F. The van der Waals surface area contributed by atoms with Crippen LogP contribution >= 0.6 is 0 Å². The number of nitrogens with one attached hydrogen (secondary N) is 1. The summed E-state index contributed by atoms with van der Waals surface area (Å²) in [5.74, 6) is -1.12. The first-order valence-electron chi connectivity index (χ1n) is 8.53. The van der Waals surface area contributed by atoms with E-state index in [4.69, 9.17) is 4.74 Å². The summed E-state index contributed by atoms with van der Waals surface area (Å²) in [4.78, 5) is 13.1. The third kappa shape index (κ3) is 3.00. The average molecular weight is 390 g/mol. The molecule has 10 heteroatoms. The number of fused-ring (bicyclic) bond motifs is 2. The molecule has 0 saturated heterocycles. The van der Waals surface area contributed by atoms with Gasteiger partial charge >= 0.3 is 0 Å². The van der Waals surface area contributed by atoms with Gasteiger partial charge in [0.2, 0.25) is 0 Å². The molecule has 0 saturated carbocycles. The number of hydrogen-bond acceptors (Lipinski definition) is 4. The highest BCUT2D eigenvalue weighted by atomic mass is 19.3. The molecule has 0 aliphatic carbocycles. The molecular formula is C18H17F3N6O. The van der Waals surface area contributed by atoms with Gasteiger partial charge in [-0.05, 0) is 18.2 Å². The van der Waals surface area contributed by atoms with Gasteiger partial charge in [-0.1, -0.05) is 6.58 Å². The lowest BCUT2D eigenvalue weighted by Crippen LogP contribution is -2.42. The molecule has 3 aromatic rings. The Bertz CT molecular complexity index is 1060. The summed E-state index contributed by atoms with van der Waals surface area (Å²) in [5.41, 5.74) is 2.34. The van der Waals surface area contributed by atoms with Gasteiger partial charge in [0.25, 0.3) is 12.4 Å². The van der Waals surface area contributed by atoms with Gasteiger partial charge in [-0.3, -0.25) is 0 Å². The fourth-order valence-electron chi connectivity index (χ4n) is 3.31. The average Bonchev–Trinajstić information content (AvgIpc) is 3.32. The molecule has 28 heavy (non-hydrogen) atoms. The molecule has 0 bridgehead atoms. The Kier molecular flexibility index (Phi) is 4.54. The highest BCUT2D eigenvalue weighted by molar-refractivity contribution is 5.76. The van der Waals surface area contributed by atoms with E-state index >= 15 is 0 Å². The van der Waals surface area contributed by atoms with Crippen LogP contribution < -0.4 is 0 Å². The van der Waals surface area contributed by atoms with E-state index in [2.05, 4.69) is 26.6 Å². The third-order valence-electron chi connectivity index (χ3n) is 4.58. The molecular weight excluding hydrogens is 373 g/mol. The fourth-order valence-corrected chi connectivity index (χ4v) is 3.31. The summed E-state index contributed by atoms with van der Waals surface area (Å²) in [6.07, 6.45) is 0.922. The van der Waals surface area contributed by atoms with Gasteiger partial charge in [0.1, 0.15) is 17.4 Å². The number of amidine groups is 1. The van der Waals surface area contributed by atoms with Gasteiger partial charge in [-0.25, -0.2) is 27.7 Å². The van der Waals surface area contributed by atoms with Crippen LogP contribution in [-0.4, -0.2) is 50.5 Å². The largest absolute Gasteiger partial charge is 0.425 e. The van der Waals surface area contributed by atoms with E-state index in [1.807, 2.05) is 0 Å². The lowest BCUT2D eigenvalue weighted by atomic mass is 10.0. The van der Waals surface area contributed by atoms with Crippen LogP contribution in [0.3, 0.4) is 0 Å². The van der Waals surface area contributed by atoms with Crippen molar-refractivity contribution in [3.8, 4) is 0 Å². The number of imidazole rings is 1. The predicted octanol–water partition coefficient (Wildman–Crippen LogP) is 2.93. The molecule has 1 atom stereocenters. The van der Waals surface area contributed by atoms with Crippen LogP contribution in [0.15, 0.2) is 48.1 Å². The minimum absolute atomic E-state index is 0.0264. The summed E-state index contributed by atoms with van der Waals surface area (Å²) in [5, 5.41) is 4.46. The number of allylic oxidation sites excluding steroid dienone is 1. The zero-order valence-corrected chi connectivity index (χ0v) is 14.9. The maximum Gasteiger partial charge on any atom is 0.294 e. The second-order valence-corrected chi connectivity index (χ2v) is 6.24. The van der Waals surface area contributed by atoms with E-state index in [1.165, 1.54) is 17.6 Å². The fraction of sp³-hybridized carbons (Fsp3) is 0.278. The summed E-state index contributed by atoms with van der Waals surface area (Å²) >= 11 is 0. The van der Waals surface area contributed by atoms with Gasteiger partial charge in [0.05, 0.1) is 17.7 Å². The van der Waals surface area contributed by atoms with Crippen molar-refractivity contribution in [1.29, 1.82) is 0 Å². The molecule has 0 fully saturated rings. The minimum Gasteiger partial charge on any atom is -0.425 e. The molecule has 7 nitrogen and oxygen atoms in total. The minimum atomic E-state index is -2.84. The summed E-state index contributed by atoms with van der Waals surface area (Å²) in [6.45, 7) is 3.66. The number of alkyl halides is 2. The topological polar surface area (TPSA) is 70.8 Å². The lowest BCUT2D eigenvalue weighted by molar-refractivity contribution is 0.120. The van der Waals surface area contributed by atoms with E-state index in [1.54, 1.807) is 29.6 Å². The van der Waals surface area contributed by atoms with Crippen LogP contribution in [-0.2, 0) is 11.2 Å². The Labute approximate surface area is 158 Å². The second kappa shape index (κ2) is 7.02. The van der Waals surface area contributed by atoms with Crippen LogP contribution in [0.4, 0.5) is 13.2 Å². The first-order chi connectivity index (χ1) is 13.5. The molecule has 0 unspecified atom stereocenters. The van der Waals surface area contributed by atoms with Crippen molar-refractivity contribution in [3.05, 3.63) is 66.0 Å². The lowest BCUT2D eigenvalue weighted by Gasteiger charge is -2.35. The first-order valence-corrected chi connectivity index (χ1v) is 8.53. The molecule has 0 spiro atoms. The zero-order valence-electron chi connectivity index (χ0n) is 14.9. The van der Waals surface area contributed by atoms with E-state index in [0.717, 1.165) is 5.69 Å². The maximum absolute atomic E-state index is 14.1. The van der Waals surface area contributed by atoms with Crippen LogP contribution in [0.2, 0.25) is 0 Å². The van der Waals surface area contributed by atoms with Crippen LogP contribution in [0, 0.1) is 5.82 Å². The normalized spacial score (nSPS) is 17.2. The first kappa shape index (κ1) is 18.1. The van der Waals surface area contributed by atoms with Gasteiger partial charge in [0, 0.05) is 31.9 Å². The molecule has 0 amide bonds. The highest BCUT2D eigenvalue weighted by Gasteiger charge is 2.36. The van der Waals surface area contributed by atoms with Crippen molar-refractivity contribution in [3.63, 3.8) is 0 Å². The van der Waals surface area contributed by atoms with E-state index in [0.29, 0.717) is 29.9 Å². The Morgan fingerprint density at radius 3 is 3.00 bits per heavy atom. The van der Waals surface area contributed by atoms with Crippen molar-refractivity contribution < 1.29 is 17.9 Å². The number of rotatable bonds is 3. The van der Waals surface area contributed by atoms with Gasteiger partial charge in [-0.15, -0.1) is 0 Å². The van der Waals surface area contributed by atoms with E-state index in [9.17, 15) is 13.2 Å². The Morgan fingerprint density at radius 2 is 2.29 bits per heavy atom. The number of pyridine rings is 1. The number of hydrogen-bond donors (Lipinski definition) is 1. The van der Waals surface area contributed by atoms with Gasteiger partial charge < -0.3 is 14.6 Å². The van der Waals surface area contributed by atoms with E-state index in [-0.39, 0.29) is 6.02 Å². The number of aromatic nitrogens is 4.